The molecule has 1 aromatic rings. The highest BCUT2D eigenvalue weighted by Gasteiger charge is 2.82. The third kappa shape index (κ3) is 4.43. The van der Waals surface area contributed by atoms with Crippen LogP contribution in [0.5, 0.6) is 0 Å². The summed E-state index contributed by atoms with van der Waals surface area (Å²) in [5.41, 5.74) is -2.49. The molecule has 0 radical (unpaired) electrons. The van der Waals surface area contributed by atoms with Crippen LogP contribution in [0, 0.1) is 73.4 Å². The van der Waals surface area contributed by atoms with Crippen molar-refractivity contribution in [3.8, 4) is 0 Å². The number of ether oxygens (including phenoxy) is 1. The summed E-state index contributed by atoms with van der Waals surface area (Å²) in [6.07, 6.45) is 16.7. The van der Waals surface area contributed by atoms with Crippen molar-refractivity contribution in [2.75, 3.05) is 26.4 Å². The summed E-state index contributed by atoms with van der Waals surface area (Å²) in [5, 5.41) is 62.7. The van der Waals surface area contributed by atoms with Crippen molar-refractivity contribution in [1.29, 1.82) is 0 Å². The number of allylic oxidation sites excluding steroid dienone is 3. The second-order valence-corrected chi connectivity index (χ2v) is 22.2. The van der Waals surface area contributed by atoms with Gasteiger partial charge in [-0.25, -0.2) is 0 Å². The van der Waals surface area contributed by atoms with E-state index in [4.69, 9.17) is 4.74 Å². The molecule has 6 saturated carbocycles. The standard InChI is InChI=1S/C50H68O7/c1-6-57-26-34-32-12-8-7-10-30(32)22-35-33(34)14-18-46-19-15-39-45(5,41(55)25-51)40(54)16-21-49(35,39)42(46)38(53)23-36-37-24-43(2,3)27-47-17-9-11-31(47)13-20-48(56,28-44(36,46)4)50(37,47)29-52/h7-8,10,12-13,20,22-23,31,33,35,37,39-42,51-52,54-56H,6,9,11,14-19,21,24-29H2,1-5H3/t31-,33-,35+,37-,39-,40+,41-,42+,44-,45+,46-,47+,48+,49-,50-/m1/s1. The summed E-state index contributed by atoms with van der Waals surface area (Å²) >= 11 is 0. The van der Waals surface area contributed by atoms with Crippen molar-refractivity contribution in [3.05, 3.63) is 58.5 Å². The maximum absolute atomic E-state index is 16.1. The number of aliphatic hydroxyl groups is 5. The summed E-state index contributed by atoms with van der Waals surface area (Å²) in [7, 11) is 0. The average Bonchev–Trinajstić information content (AvgIpc) is 3.56. The lowest BCUT2D eigenvalue weighted by molar-refractivity contribution is -0.284. The minimum Gasteiger partial charge on any atom is -0.396 e. The fourth-order valence-corrected chi connectivity index (χ4v) is 18.4. The number of rotatable bonds is 6. The number of ketones is 1. The molecule has 2 spiro atoms. The van der Waals surface area contributed by atoms with Crippen molar-refractivity contribution in [2.45, 2.75) is 129 Å². The highest BCUT2D eigenvalue weighted by Crippen LogP contribution is 2.84. The third-order valence-electron chi connectivity index (χ3n) is 20.2. The Kier molecular flexibility index (Phi) is 8.54. The van der Waals surface area contributed by atoms with Crippen LogP contribution in [0.2, 0.25) is 0 Å². The van der Waals surface area contributed by atoms with Gasteiger partial charge in [-0.1, -0.05) is 82.2 Å². The molecule has 2 bridgehead atoms. The highest BCUT2D eigenvalue weighted by molar-refractivity contribution is 5.96. The molecule has 9 aliphatic rings. The van der Waals surface area contributed by atoms with Crippen molar-refractivity contribution in [3.63, 3.8) is 0 Å². The minimum atomic E-state index is -1.24. The van der Waals surface area contributed by atoms with Crippen molar-refractivity contribution in [1.82, 2.24) is 0 Å². The van der Waals surface area contributed by atoms with Gasteiger partial charge in [0.2, 0.25) is 0 Å². The van der Waals surface area contributed by atoms with Crippen molar-refractivity contribution < 1.29 is 35.1 Å². The van der Waals surface area contributed by atoms with Crippen LogP contribution in [0.1, 0.15) is 112 Å². The Bertz CT molecular complexity index is 2050. The van der Waals surface area contributed by atoms with Crippen LogP contribution >= 0.6 is 0 Å². The van der Waals surface area contributed by atoms with Gasteiger partial charge in [-0.15, -0.1) is 0 Å². The van der Waals surface area contributed by atoms with E-state index in [1.807, 2.05) is 13.8 Å². The number of hydrogen-bond acceptors (Lipinski definition) is 7. The molecule has 0 heterocycles. The molecule has 0 aliphatic heterocycles. The van der Waals surface area contributed by atoms with Crippen molar-refractivity contribution in [2.24, 2.45) is 73.4 Å². The Morgan fingerprint density at radius 1 is 0.947 bits per heavy atom. The molecule has 10 rings (SSSR count). The lowest BCUT2D eigenvalue weighted by Gasteiger charge is -2.77. The molecule has 9 aliphatic carbocycles. The van der Waals surface area contributed by atoms with E-state index in [0.717, 1.165) is 63.0 Å². The van der Waals surface area contributed by atoms with E-state index in [-0.39, 0.29) is 46.9 Å². The average molecular weight is 781 g/mol. The van der Waals surface area contributed by atoms with Gasteiger partial charge >= 0.3 is 0 Å². The van der Waals surface area contributed by atoms with Crippen LogP contribution in [0.4, 0.5) is 0 Å². The molecule has 310 valence electrons. The first-order valence-electron chi connectivity index (χ1n) is 22.7. The minimum absolute atomic E-state index is 0.0302. The van der Waals surface area contributed by atoms with E-state index >= 15 is 4.79 Å². The monoisotopic (exact) mass is 780 g/mol. The predicted octanol–water partition coefficient (Wildman–Crippen LogP) is 5.63. The fourth-order valence-electron chi connectivity index (χ4n) is 18.4. The van der Waals surface area contributed by atoms with Crippen molar-refractivity contribution >= 4 is 17.4 Å². The largest absolute Gasteiger partial charge is 0.396 e. The summed E-state index contributed by atoms with van der Waals surface area (Å²) < 4.78 is 6.31. The van der Waals surface area contributed by atoms with Gasteiger partial charge in [0.25, 0.3) is 0 Å². The number of carbonyl (C=O) groups excluding carboxylic acids is 1. The Hall–Kier alpha value is -2.13. The van der Waals surface area contributed by atoms with Gasteiger partial charge in [0.05, 0.1) is 37.6 Å². The van der Waals surface area contributed by atoms with Gasteiger partial charge in [0.15, 0.2) is 5.78 Å². The van der Waals surface area contributed by atoms with E-state index in [2.05, 4.69) is 69.3 Å². The second kappa shape index (κ2) is 12.5. The summed E-state index contributed by atoms with van der Waals surface area (Å²) in [6.45, 7) is 11.8. The molecule has 7 heteroatoms. The lowest BCUT2D eigenvalue weighted by atomic mass is 9.27. The quantitative estimate of drug-likeness (QED) is 0.237. The first kappa shape index (κ1) is 39.0. The molecule has 0 amide bonds. The molecule has 0 unspecified atom stereocenters. The predicted molar refractivity (Wildman–Crippen MR) is 219 cm³/mol. The molecular weight excluding hydrogens is 713 g/mol. The van der Waals surface area contributed by atoms with Gasteiger partial charge in [0, 0.05) is 23.4 Å². The van der Waals surface area contributed by atoms with Crippen LogP contribution in [-0.4, -0.2) is 75.6 Å². The topological polar surface area (TPSA) is 127 Å². The zero-order valence-electron chi connectivity index (χ0n) is 35.1. The molecule has 57 heavy (non-hydrogen) atoms. The number of carbonyl (C=O) groups is 1. The third-order valence-corrected chi connectivity index (χ3v) is 20.2. The lowest BCUT2D eigenvalue weighted by Crippen LogP contribution is -2.77. The van der Waals surface area contributed by atoms with Gasteiger partial charge in [-0.2, -0.15) is 0 Å². The first-order chi connectivity index (χ1) is 27.1. The Balaban J connectivity index is 1.25. The van der Waals surface area contributed by atoms with Gasteiger partial charge in [-0.05, 0) is 156 Å². The Morgan fingerprint density at radius 2 is 1.72 bits per heavy atom. The number of hydrogen-bond donors (Lipinski definition) is 5. The Labute approximate surface area is 339 Å². The fraction of sp³-hybridized carbons (Fsp3) is 0.740. The molecule has 1 aromatic carbocycles. The first-order valence-corrected chi connectivity index (χ1v) is 22.7. The molecule has 5 N–H and O–H groups in total. The maximum atomic E-state index is 16.1. The number of aliphatic hydroxyl groups excluding tert-OH is 4. The summed E-state index contributed by atoms with van der Waals surface area (Å²) in [5.74, 6) is -0.238. The van der Waals surface area contributed by atoms with Crippen LogP contribution < -0.4 is 10.4 Å². The highest BCUT2D eigenvalue weighted by atomic mass is 16.5. The molecular formula is C50H68O7. The number of fused-ring (bicyclic) bond motifs is 4. The number of benzene rings is 1. The smallest absolute Gasteiger partial charge is 0.159 e. The normalized spacial score (nSPS) is 50.4. The second-order valence-electron chi connectivity index (χ2n) is 22.2. The zero-order chi connectivity index (χ0) is 40.2. The maximum Gasteiger partial charge on any atom is 0.159 e. The summed E-state index contributed by atoms with van der Waals surface area (Å²) in [6, 6.07) is 8.63. The Morgan fingerprint density at radius 3 is 2.47 bits per heavy atom. The van der Waals surface area contributed by atoms with E-state index < -0.39 is 57.4 Å². The van der Waals surface area contributed by atoms with E-state index in [9.17, 15) is 25.5 Å². The van der Waals surface area contributed by atoms with Gasteiger partial charge < -0.3 is 30.3 Å². The van der Waals surface area contributed by atoms with Gasteiger partial charge in [-0.3, -0.25) is 4.79 Å². The SMILES string of the molecule is CCOCC1=c2ccccc2=C[C@H]2[C@@H]1CC[C@@]13CC[C@@H]4[C@](C)([C@H](O)CO)[C@@H](O)CC[C@]42[C@H]1C(=O)C=C1[C@H]2CC(C)(C)C[C@@]45CCC[C@@H]4C=C[C@](O)(C[C@]13C)[C@]25CO. The van der Waals surface area contributed by atoms with Crippen LogP contribution in [0.15, 0.2) is 48.1 Å². The molecule has 6 fully saturated rings. The van der Waals surface area contributed by atoms with Gasteiger partial charge in [0.1, 0.15) is 0 Å². The molecule has 0 aromatic heterocycles. The zero-order valence-corrected chi connectivity index (χ0v) is 35.1. The van der Waals surface area contributed by atoms with Crippen LogP contribution in [0.3, 0.4) is 0 Å². The van der Waals surface area contributed by atoms with E-state index in [1.54, 1.807) is 0 Å². The van der Waals surface area contributed by atoms with E-state index in [0.29, 0.717) is 38.4 Å². The van der Waals surface area contributed by atoms with Crippen LogP contribution in [0.25, 0.3) is 11.6 Å². The summed E-state index contributed by atoms with van der Waals surface area (Å²) in [4.78, 5) is 16.1. The molecule has 7 nitrogen and oxygen atoms in total. The van der Waals surface area contributed by atoms with E-state index in [1.165, 1.54) is 16.4 Å². The van der Waals surface area contributed by atoms with Crippen LogP contribution in [-0.2, 0) is 9.53 Å². The molecule has 15 atom stereocenters. The molecule has 0 saturated heterocycles.